The maximum atomic E-state index is 13.4. The van der Waals surface area contributed by atoms with Gasteiger partial charge in [0.1, 0.15) is 0 Å². The molecule has 0 N–H and O–H groups in total. The zero-order valence-electron chi connectivity index (χ0n) is 16.0. The highest BCUT2D eigenvalue weighted by atomic mass is 16.5. The number of carbonyl (C=O) groups excluding carboxylic acids is 2. The number of amides is 2. The van der Waals surface area contributed by atoms with Crippen LogP contribution in [-0.2, 0) is 20.9 Å². The summed E-state index contributed by atoms with van der Waals surface area (Å²) in [7, 11) is 0. The van der Waals surface area contributed by atoms with Crippen LogP contribution in [0.3, 0.4) is 0 Å². The van der Waals surface area contributed by atoms with Crippen LogP contribution >= 0.6 is 0 Å². The standard InChI is InChI=1S/C23H26N2O3/c26-21-12-11-20(23(27)24-13-15-28-16-14-24)22(19-9-5-2-6-10-19)25(21)17-18-7-3-1-4-8-18/h1-10,20,22H,11-17H2/t20-,22-/m1/s1. The van der Waals surface area contributed by atoms with Crippen molar-refractivity contribution in [3.8, 4) is 0 Å². The lowest BCUT2D eigenvalue weighted by Crippen LogP contribution is -2.51. The Bertz CT molecular complexity index is 803. The predicted octanol–water partition coefficient (Wildman–Crippen LogP) is 3.03. The molecule has 2 aliphatic rings. The van der Waals surface area contributed by atoms with Crippen LogP contribution in [0.15, 0.2) is 60.7 Å². The minimum atomic E-state index is -0.238. The summed E-state index contributed by atoms with van der Waals surface area (Å²) in [6.45, 7) is 2.95. The third-order valence-corrected chi connectivity index (χ3v) is 5.68. The number of morpholine rings is 1. The van der Waals surface area contributed by atoms with Gasteiger partial charge in [-0.2, -0.15) is 0 Å². The van der Waals surface area contributed by atoms with Crippen molar-refractivity contribution in [2.24, 2.45) is 5.92 Å². The van der Waals surface area contributed by atoms with E-state index in [0.717, 1.165) is 11.1 Å². The Morgan fingerprint density at radius 3 is 2.29 bits per heavy atom. The quantitative estimate of drug-likeness (QED) is 0.822. The van der Waals surface area contributed by atoms with Crippen LogP contribution in [0, 0.1) is 5.92 Å². The lowest BCUT2D eigenvalue weighted by molar-refractivity contribution is -0.151. The van der Waals surface area contributed by atoms with Gasteiger partial charge in [-0.3, -0.25) is 9.59 Å². The van der Waals surface area contributed by atoms with E-state index >= 15 is 0 Å². The molecule has 0 aromatic heterocycles. The van der Waals surface area contributed by atoms with Crippen LogP contribution in [0.1, 0.15) is 30.0 Å². The molecule has 2 fully saturated rings. The molecule has 5 heteroatoms. The summed E-state index contributed by atoms with van der Waals surface area (Å²) in [4.78, 5) is 30.1. The van der Waals surface area contributed by atoms with Gasteiger partial charge >= 0.3 is 0 Å². The van der Waals surface area contributed by atoms with E-state index in [-0.39, 0.29) is 23.8 Å². The van der Waals surface area contributed by atoms with Crippen molar-refractivity contribution in [1.82, 2.24) is 9.80 Å². The average Bonchev–Trinajstić information content (AvgIpc) is 2.76. The summed E-state index contributed by atoms with van der Waals surface area (Å²) < 4.78 is 5.41. The van der Waals surface area contributed by atoms with Crippen molar-refractivity contribution in [1.29, 1.82) is 0 Å². The molecule has 4 rings (SSSR count). The van der Waals surface area contributed by atoms with Gasteiger partial charge in [0.05, 0.1) is 25.2 Å². The Morgan fingerprint density at radius 2 is 1.61 bits per heavy atom. The van der Waals surface area contributed by atoms with E-state index in [9.17, 15) is 9.59 Å². The van der Waals surface area contributed by atoms with E-state index in [1.54, 1.807) is 0 Å². The zero-order valence-corrected chi connectivity index (χ0v) is 16.0. The van der Waals surface area contributed by atoms with Crippen LogP contribution in [-0.4, -0.2) is 47.9 Å². The fourth-order valence-electron chi connectivity index (χ4n) is 4.26. The van der Waals surface area contributed by atoms with E-state index in [1.165, 1.54) is 0 Å². The van der Waals surface area contributed by atoms with Crippen molar-refractivity contribution >= 4 is 11.8 Å². The smallest absolute Gasteiger partial charge is 0.228 e. The Morgan fingerprint density at radius 1 is 0.964 bits per heavy atom. The molecule has 0 saturated carbocycles. The van der Waals surface area contributed by atoms with Crippen molar-refractivity contribution < 1.29 is 14.3 Å². The Hall–Kier alpha value is -2.66. The third-order valence-electron chi connectivity index (χ3n) is 5.68. The number of nitrogens with zero attached hydrogens (tertiary/aromatic N) is 2. The molecule has 0 spiro atoms. The second-order valence-corrected chi connectivity index (χ2v) is 7.45. The number of hydrogen-bond donors (Lipinski definition) is 0. The van der Waals surface area contributed by atoms with Crippen molar-refractivity contribution in [2.75, 3.05) is 26.3 Å². The lowest BCUT2D eigenvalue weighted by atomic mass is 9.83. The van der Waals surface area contributed by atoms with Crippen molar-refractivity contribution in [2.45, 2.75) is 25.4 Å². The Labute approximate surface area is 165 Å². The average molecular weight is 378 g/mol. The predicted molar refractivity (Wildman–Crippen MR) is 106 cm³/mol. The number of carbonyl (C=O) groups is 2. The summed E-state index contributed by atoms with van der Waals surface area (Å²) in [5.74, 6) is 0.0355. The molecule has 0 unspecified atom stereocenters. The topological polar surface area (TPSA) is 49.9 Å². The minimum absolute atomic E-state index is 0.115. The second-order valence-electron chi connectivity index (χ2n) is 7.45. The summed E-state index contributed by atoms with van der Waals surface area (Å²) in [6.07, 6.45) is 1.01. The largest absolute Gasteiger partial charge is 0.378 e. The highest BCUT2D eigenvalue weighted by Gasteiger charge is 2.42. The molecule has 2 heterocycles. The molecule has 2 atom stereocenters. The third kappa shape index (κ3) is 3.94. The summed E-state index contributed by atoms with van der Waals surface area (Å²) in [6, 6.07) is 19.7. The molecule has 2 aromatic carbocycles. The SMILES string of the molecule is O=C([C@@H]1CCC(=O)N(Cc2ccccc2)[C@@H]1c1ccccc1)N1CCOCC1. The summed E-state index contributed by atoms with van der Waals surface area (Å²) in [5, 5.41) is 0. The zero-order chi connectivity index (χ0) is 19.3. The fraction of sp³-hybridized carbons (Fsp3) is 0.391. The van der Waals surface area contributed by atoms with Gasteiger partial charge in [-0.1, -0.05) is 60.7 Å². The van der Waals surface area contributed by atoms with Crippen LogP contribution in [0.4, 0.5) is 0 Å². The first kappa shape index (κ1) is 18.7. The number of likely N-dealkylation sites (tertiary alicyclic amines) is 1. The van der Waals surface area contributed by atoms with E-state index < -0.39 is 0 Å². The van der Waals surface area contributed by atoms with Gasteiger partial charge < -0.3 is 14.5 Å². The molecular weight excluding hydrogens is 352 g/mol. The lowest BCUT2D eigenvalue weighted by Gasteiger charge is -2.43. The van der Waals surface area contributed by atoms with Gasteiger partial charge in [-0.15, -0.1) is 0 Å². The van der Waals surface area contributed by atoms with Crippen LogP contribution in [0.25, 0.3) is 0 Å². The second kappa shape index (κ2) is 8.57. The highest BCUT2D eigenvalue weighted by molar-refractivity contribution is 5.85. The van der Waals surface area contributed by atoms with Gasteiger partial charge in [0.2, 0.25) is 11.8 Å². The minimum Gasteiger partial charge on any atom is -0.378 e. The van der Waals surface area contributed by atoms with Crippen LogP contribution in [0.5, 0.6) is 0 Å². The maximum absolute atomic E-state index is 13.4. The van der Waals surface area contributed by atoms with E-state index in [2.05, 4.69) is 0 Å². The number of rotatable bonds is 4. The molecule has 0 aliphatic carbocycles. The molecule has 28 heavy (non-hydrogen) atoms. The first-order valence-corrected chi connectivity index (χ1v) is 9.99. The fourth-order valence-corrected chi connectivity index (χ4v) is 4.26. The summed E-state index contributed by atoms with van der Waals surface area (Å²) in [5.41, 5.74) is 2.11. The van der Waals surface area contributed by atoms with Crippen LogP contribution in [0.2, 0.25) is 0 Å². The van der Waals surface area contributed by atoms with Gasteiger partial charge in [-0.25, -0.2) is 0 Å². The molecule has 146 valence electrons. The number of hydrogen-bond acceptors (Lipinski definition) is 3. The molecular formula is C23H26N2O3. The van der Waals surface area contributed by atoms with E-state index in [4.69, 9.17) is 4.74 Å². The molecule has 2 aliphatic heterocycles. The number of benzene rings is 2. The number of ether oxygens (including phenoxy) is 1. The summed E-state index contributed by atoms with van der Waals surface area (Å²) >= 11 is 0. The van der Waals surface area contributed by atoms with Gasteiger partial charge in [0, 0.05) is 26.1 Å². The molecule has 2 saturated heterocycles. The van der Waals surface area contributed by atoms with E-state index in [1.807, 2.05) is 70.5 Å². The van der Waals surface area contributed by atoms with Crippen molar-refractivity contribution in [3.63, 3.8) is 0 Å². The molecule has 0 bridgehead atoms. The molecule has 5 nitrogen and oxygen atoms in total. The molecule has 2 aromatic rings. The van der Waals surface area contributed by atoms with E-state index in [0.29, 0.717) is 45.7 Å². The molecule has 2 amide bonds. The van der Waals surface area contributed by atoms with Crippen LogP contribution < -0.4 is 0 Å². The molecule has 0 radical (unpaired) electrons. The van der Waals surface area contributed by atoms with Gasteiger partial charge in [0.25, 0.3) is 0 Å². The maximum Gasteiger partial charge on any atom is 0.228 e. The van der Waals surface area contributed by atoms with Gasteiger partial charge in [0.15, 0.2) is 0 Å². The highest BCUT2D eigenvalue weighted by Crippen LogP contribution is 2.39. The van der Waals surface area contributed by atoms with Gasteiger partial charge in [-0.05, 0) is 17.5 Å². The first-order chi connectivity index (χ1) is 13.7. The first-order valence-electron chi connectivity index (χ1n) is 9.99. The Kier molecular flexibility index (Phi) is 5.72. The monoisotopic (exact) mass is 378 g/mol. The normalized spacial score (nSPS) is 22.9. The Balaban J connectivity index is 1.66. The van der Waals surface area contributed by atoms with Crippen molar-refractivity contribution in [3.05, 3.63) is 71.8 Å². The number of piperidine rings is 1.